The molecular weight excluding hydrogens is 130 g/mol. The first-order valence-corrected chi connectivity index (χ1v) is 3.49. The zero-order chi connectivity index (χ0) is 8.15. The minimum Gasteiger partial charge on any atom is -0.396 e. The molecule has 0 spiro atoms. The van der Waals surface area contributed by atoms with Crippen molar-refractivity contribution in [1.82, 2.24) is 4.90 Å². The highest BCUT2D eigenvalue weighted by Gasteiger charge is 2.14. The average molecular weight is 145 g/mol. The summed E-state index contributed by atoms with van der Waals surface area (Å²) in [4.78, 5) is 12.7. The van der Waals surface area contributed by atoms with E-state index >= 15 is 0 Å². The number of amides is 1. The maximum atomic E-state index is 11.1. The summed E-state index contributed by atoms with van der Waals surface area (Å²) >= 11 is 0. The van der Waals surface area contributed by atoms with Crippen molar-refractivity contribution in [2.24, 2.45) is 5.92 Å². The summed E-state index contributed by atoms with van der Waals surface area (Å²) in [6.45, 7) is 4.25. The highest BCUT2D eigenvalue weighted by Crippen LogP contribution is 1.97. The van der Waals surface area contributed by atoms with Gasteiger partial charge in [0.2, 0.25) is 5.91 Å². The minimum atomic E-state index is -0.259. The van der Waals surface area contributed by atoms with E-state index in [1.54, 1.807) is 18.9 Å². The lowest BCUT2D eigenvalue weighted by Crippen LogP contribution is -2.32. The van der Waals surface area contributed by atoms with Crippen LogP contribution >= 0.6 is 0 Å². The maximum Gasteiger partial charge on any atom is 0.227 e. The molecule has 60 valence electrons. The normalized spacial score (nSPS) is 12.8. The van der Waals surface area contributed by atoms with Crippen LogP contribution in [0.3, 0.4) is 0 Å². The predicted molar refractivity (Wildman–Crippen MR) is 39.6 cm³/mol. The first-order chi connectivity index (χ1) is 4.63. The standard InChI is InChI=1S/C7H15NO2/c1-4-8(3)7(10)6(2)5-9/h6,9H,4-5H2,1-3H3. The number of hydrogen-bond donors (Lipinski definition) is 1. The first-order valence-electron chi connectivity index (χ1n) is 3.49. The first kappa shape index (κ1) is 9.43. The molecule has 0 aromatic rings. The van der Waals surface area contributed by atoms with E-state index in [9.17, 15) is 4.79 Å². The van der Waals surface area contributed by atoms with Crippen molar-refractivity contribution in [3.05, 3.63) is 0 Å². The van der Waals surface area contributed by atoms with E-state index in [1.165, 1.54) is 0 Å². The van der Waals surface area contributed by atoms with Crippen LogP contribution in [0.5, 0.6) is 0 Å². The second-order valence-electron chi connectivity index (χ2n) is 2.44. The van der Waals surface area contributed by atoms with Crippen molar-refractivity contribution in [3.63, 3.8) is 0 Å². The Morgan fingerprint density at radius 3 is 2.50 bits per heavy atom. The Balaban J connectivity index is 3.82. The Bertz CT molecular complexity index is 102. The van der Waals surface area contributed by atoms with Gasteiger partial charge in [-0.2, -0.15) is 0 Å². The van der Waals surface area contributed by atoms with E-state index in [0.29, 0.717) is 6.54 Å². The van der Waals surface area contributed by atoms with Crippen LogP contribution in [-0.2, 0) is 4.79 Å². The van der Waals surface area contributed by atoms with Gasteiger partial charge < -0.3 is 10.0 Å². The molecule has 0 aliphatic carbocycles. The van der Waals surface area contributed by atoms with Gasteiger partial charge in [-0.3, -0.25) is 4.79 Å². The van der Waals surface area contributed by atoms with Gasteiger partial charge in [-0.25, -0.2) is 0 Å². The van der Waals surface area contributed by atoms with E-state index in [1.807, 2.05) is 6.92 Å². The Kier molecular flexibility index (Phi) is 4.03. The van der Waals surface area contributed by atoms with Gasteiger partial charge in [0.15, 0.2) is 0 Å². The molecule has 0 fully saturated rings. The molecule has 0 heterocycles. The predicted octanol–water partition coefficient (Wildman–Crippen LogP) is 0.0931. The highest BCUT2D eigenvalue weighted by molar-refractivity contribution is 5.78. The fraction of sp³-hybridized carbons (Fsp3) is 0.857. The van der Waals surface area contributed by atoms with Gasteiger partial charge >= 0.3 is 0 Å². The molecular formula is C7H15NO2. The van der Waals surface area contributed by atoms with Crippen LogP contribution in [0.4, 0.5) is 0 Å². The molecule has 0 saturated carbocycles. The topological polar surface area (TPSA) is 40.5 Å². The Hall–Kier alpha value is -0.570. The molecule has 1 atom stereocenters. The summed E-state index contributed by atoms with van der Waals surface area (Å²) in [5, 5.41) is 8.60. The van der Waals surface area contributed by atoms with Gasteiger partial charge in [-0.15, -0.1) is 0 Å². The maximum absolute atomic E-state index is 11.1. The molecule has 0 aromatic heterocycles. The van der Waals surface area contributed by atoms with Crippen LogP contribution in [0.1, 0.15) is 13.8 Å². The Morgan fingerprint density at radius 1 is 1.70 bits per heavy atom. The number of hydrogen-bond acceptors (Lipinski definition) is 2. The Morgan fingerprint density at radius 2 is 2.20 bits per heavy atom. The molecule has 0 radical (unpaired) electrons. The smallest absolute Gasteiger partial charge is 0.227 e. The molecule has 0 saturated heterocycles. The summed E-state index contributed by atoms with van der Waals surface area (Å²) in [6, 6.07) is 0. The quantitative estimate of drug-likeness (QED) is 0.611. The lowest BCUT2D eigenvalue weighted by atomic mass is 10.2. The van der Waals surface area contributed by atoms with Crippen LogP contribution < -0.4 is 0 Å². The number of rotatable bonds is 3. The number of carbonyl (C=O) groups excluding carboxylic acids is 1. The van der Waals surface area contributed by atoms with E-state index in [2.05, 4.69) is 0 Å². The third kappa shape index (κ3) is 2.35. The molecule has 1 unspecified atom stereocenters. The average Bonchev–Trinajstić information content (AvgIpc) is 2.00. The molecule has 10 heavy (non-hydrogen) atoms. The number of nitrogens with zero attached hydrogens (tertiary/aromatic N) is 1. The summed E-state index contributed by atoms with van der Waals surface area (Å²) in [6.07, 6.45) is 0. The van der Waals surface area contributed by atoms with Crippen molar-refractivity contribution < 1.29 is 9.90 Å². The van der Waals surface area contributed by atoms with Crippen molar-refractivity contribution in [3.8, 4) is 0 Å². The van der Waals surface area contributed by atoms with Crippen LogP contribution in [0, 0.1) is 5.92 Å². The zero-order valence-corrected chi connectivity index (χ0v) is 6.79. The third-order valence-corrected chi connectivity index (χ3v) is 1.55. The van der Waals surface area contributed by atoms with Crippen LogP contribution in [-0.4, -0.2) is 36.1 Å². The molecule has 1 N–H and O–H groups in total. The molecule has 3 heteroatoms. The fourth-order valence-corrected chi connectivity index (χ4v) is 0.610. The zero-order valence-electron chi connectivity index (χ0n) is 6.79. The van der Waals surface area contributed by atoms with Crippen LogP contribution in [0.2, 0.25) is 0 Å². The molecule has 3 nitrogen and oxygen atoms in total. The molecule has 1 amide bonds. The van der Waals surface area contributed by atoms with Crippen molar-refractivity contribution >= 4 is 5.91 Å². The van der Waals surface area contributed by atoms with Crippen molar-refractivity contribution in [2.75, 3.05) is 20.2 Å². The van der Waals surface area contributed by atoms with Gasteiger partial charge in [-0.05, 0) is 6.92 Å². The summed E-state index contributed by atoms with van der Waals surface area (Å²) < 4.78 is 0. The molecule has 0 aliphatic rings. The van der Waals surface area contributed by atoms with Gasteiger partial charge in [0, 0.05) is 13.6 Å². The van der Waals surface area contributed by atoms with Gasteiger partial charge in [-0.1, -0.05) is 6.92 Å². The van der Waals surface area contributed by atoms with E-state index < -0.39 is 0 Å². The molecule has 0 aliphatic heterocycles. The molecule has 0 rings (SSSR count). The summed E-state index contributed by atoms with van der Waals surface area (Å²) in [5.74, 6) is -0.255. The SMILES string of the molecule is CCN(C)C(=O)C(C)CO. The number of carbonyl (C=O) groups is 1. The summed E-state index contributed by atoms with van der Waals surface area (Å²) in [7, 11) is 1.73. The van der Waals surface area contributed by atoms with Gasteiger partial charge in [0.1, 0.15) is 0 Å². The third-order valence-electron chi connectivity index (χ3n) is 1.55. The van der Waals surface area contributed by atoms with E-state index in [4.69, 9.17) is 5.11 Å². The van der Waals surface area contributed by atoms with E-state index in [0.717, 1.165) is 0 Å². The van der Waals surface area contributed by atoms with Crippen molar-refractivity contribution in [2.45, 2.75) is 13.8 Å². The largest absolute Gasteiger partial charge is 0.396 e. The molecule has 0 bridgehead atoms. The second kappa shape index (κ2) is 4.28. The molecule has 0 aromatic carbocycles. The Labute approximate surface area is 61.6 Å². The van der Waals surface area contributed by atoms with Crippen LogP contribution in [0.15, 0.2) is 0 Å². The summed E-state index contributed by atoms with van der Waals surface area (Å²) in [5.41, 5.74) is 0. The van der Waals surface area contributed by atoms with Gasteiger partial charge in [0.25, 0.3) is 0 Å². The number of aliphatic hydroxyl groups is 1. The van der Waals surface area contributed by atoms with Crippen molar-refractivity contribution in [1.29, 1.82) is 0 Å². The lowest BCUT2D eigenvalue weighted by molar-refractivity contribution is -0.134. The number of aliphatic hydroxyl groups excluding tert-OH is 1. The van der Waals surface area contributed by atoms with E-state index in [-0.39, 0.29) is 18.4 Å². The minimum absolute atomic E-state index is 0.00463. The van der Waals surface area contributed by atoms with Gasteiger partial charge in [0.05, 0.1) is 12.5 Å². The second-order valence-corrected chi connectivity index (χ2v) is 2.44. The lowest BCUT2D eigenvalue weighted by Gasteiger charge is -2.17. The van der Waals surface area contributed by atoms with Crippen LogP contribution in [0.25, 0.3) is 0 Å². The monoisotopic (exact) mass is 145 g/mol. The fourth-order valence-electron chi connectivity index (χ4n) is 0.610. The highest BCUT2D eigenvalue weighted by atomic mass is 16.3.